The summed E-state index contributed by atoms with van der Waals surface area (Å²) in [5, 5.41) is 17.7. The summed E-state index contributed by atoms with van der Waals surface area (Å²) in [6.07, 6.45) is 0.204. The lowest BCUT2D eigenvalue weighted by Gasteiger charge is -2.19. The molecule has 0 heterocycles. The molecule has 7 nitrogen and oxygen atoms in total. The third-order valence-electron chi connectivity index (χ3n) is 5.40. The summed E-state index contributed by atoms with van der Waals surface area (Å²) in [5.74, 6) is -1.19. The number of carbonyl (C=O) groups excluding carboxylic acids is 2. The summed E-state index contributed by atoms with van der Waals surface area (Å²) in [6, 6.07) is 22.2. The van der Waals surface area contributed by atoms with Gasteiger partial charge in [0.25, 0.3) is 11.6 Å². The molecule has 4 aromatic rings. The molecule has 4 rings (SSSR count). The Bertz CT molecular complexity index is 1290. The predicted octanol–water partition coefficient (Wildman–Crippen LogP) is 4.42. The molecule has 32 heavy (non-hydrogen) atoms. The van der Waals surface area contributed by atoms with E-state index in [1.165, 1.54) is 31.4 Å². The van der Waals surface area contributed by atoms with Crippen LogP contribution < -0.4 is 5.32 Å². The fraction of sp³-hybridized carbons (Fsp3) is 0.120. The van der Waals surface area contributed by atoms with Crippen LogP contribution in [0.25, 0.3) is 21.5 Å². The molecule has 7 heteroatoms. The Morgan fingerprint density at radius 2 is 1.56 bits per heavy atom. The molecule has 0 spiro atoms. The molecule has 0 bridgehead atoms. The van der Waals surface area contributed by atoms with Crippen molar-refractivity contribution in [2.24, 2.45) is 0 Å². The van der Waals surface area contributed by atoms with Crippen molar-refractivity contribution in [3.8, 4) is 0 Å². The third-order valence-corrected chi connectivity index (χ3v) is 5.40. The first-order chi connectivity index (χ1) is 15.5. The van der Waals surface area contributed by atoms with Crippen molar-refractivity contribution in [2.75, 3.05) is 7.11 Å². The smallest absolute Gasteiger partial charge is 0.328 e. The van der Waals surface area contributed by atoms with Gasteiger partial charge in [-0.2, -0.15) is 0 Å². The number of hydrogen-bond donors (Lipinski definition) is 1. The van der Waals surface area contributed by atoms with Crippen molar-refractivity contribution >= 4 is 39.1 Å². The molecule has 0 saturated carbocycles. The standard InChI is InChI=1S/C25H20N2O5/c1-32-25(29)23(26-24(28)18-9-6-10-19(14-18)27(30)31)15-22-20-11-4-2-7-16(20)13-17-8-3-5-12-21(17)22/h2-14,23H,15H2,1H3,(H,26,28)/t23-/m1/s1. The summed E-state index contributed by atoms with van der Waals surface area (Å²) < 4.78 is 4.95. The predicted molar refractivity (Wildman–Crippen MR) is 122 cm³/mol. The molecule has 0 unspecified atom stereocenters. The van der Waals surface area contributed by atoms with E-state index in [1.54, 1.807) is 0 Å². The van der Waals surface area contributed by atoms with Crippen molar-refractivity contribution in [2.45, 2.75) is 12.5 Å². The normalized spacial score (nSPS) is 11.8. The Kier molecular flexibility index (Phi) is 5.81. The molecule has 0 aliphatic heterocycles. The van der Waals surface area contributed by atoms with Gasteiger partial charge in [-0.05, 0) is 39.2 Å². The largest absolute Gasteiger partial charge is 0.467 e. The number of amides is 1. The molecule has 0 fully saturated rings. The van der Waals surface area contributed by atoms with Crippen LogP contribution in [-0.2, 0) is 16.0 Å². The molecule has 0 aliphatic rings. The highest BCUT2D eigenvalue weighted by molar-refractivity contribution is 6.03. The number of esters is 1. The molecular formula is C25H20N2O5. The van der Waals surface area contributed by atoms with Gasteiger partial charge < -0.3 is 10.1 Å². The minimum absolute atomic E-state index is 0.0934. The number of non-ortho nitro benzene ring substituents is 1. The zero-order valence-corrected chi connectivity index (χ0v) is 17.3. The van der Waals surface area contributed by atoms with Crippen molar-refractivity contribution in [3.63, 3.8) is 0 Å². The summed E-state index contributed by atoms with van der Waals surface area (Å²) in [4.78, 5) is 35.9. The van der Waals surface area contributed by atoms with E-state index in [0.29, 0.717) is 0 Å². The summed E-state index contributed by atoms with van der Waals surface area (Å²) in [7, 11) is 1.26. The first-order valence-electron chi connectivity index (χ1n) is 10.0. The van der Waals surface area contributed by atoms with Gasteiger partial charge in [0.05, 0.1) is 12.0 Å². The maximum absolute atomic E-state index is 12.8. The average molecular weight is 428 g/mol. The van der Waals surface area contributed by atoms with E-state index in [4.69, 9.17) is 4.74 Å². The highest BCUT2D eigenvalue weighted by Gasteiger charge is 2.25. The van der Waals surface area contributed by atoms with Crippen LogP contribution >= 0.6 is 0 Å². The Hall–Kier alpha value is -4.26. The second-order valence-corrected chi connectivity index (χ2v) is 7.36. The molecule has 4 aromatic carbocycles. The van der Waals surface area contributed by atoms with Crippen LogP contribution in [0.3, 0.4) is 0 Å². The lowest BCUT2D eigenvalue weighted by molar-refractivity contribution is -0.384. The number of methoxy groups -OCH3 is 1. The average Bonchev–Trinajstić information content (AvgIpc) is 2.82. The van der Waals surface area contributed by atoms with Gasteiger partial charge in [-0.25, -0.2) is 4.79 Å². The number of benzene rings is 4. The summed E-state index contributed by atoms with van der Waals surface area (Å²) in [5.41, 5.74) is 0.802. The van der Waals surface area contributed by atoms with Crippen LogP contribution in [0.4, 0.5) is 5.69 Å². The minimum Gasteiger partial charge on any atom is -0.467 e. The fourth-order valence-electron chi connectivity index (χ4n) is 3.87. The van der Waals surface area contributed by atoms with E-state index < -0.39 is 22.8 Å². The maximum Gasteiger partial charge on any atom is 0.328 e. The van der Waals surface area contributed by atoms with Gasteiger partial charge in [-0.15, -0.1) is 0 Å². The quantitative estimate of drug-likeness (QED) is 0.212. The highest BCUT2D eigenvalue weighted by atomic mass is 16.6. The first kappa shape index (κ1) is 21.0. The Morgan fingerprint density at radius 3 is 2.16 bits per heavy atom. The van der Waals surface area contributed by atoms with E-state index in [-0.39, 0.29) is 17.7 Å². The Morgan fingerprint density at radius 1 is 0.938 bits per heavy atom. The van der Waals surface area contributed by atoms with Crippen LogP contribution in [0.2, 0.25) is 0 Å². The fourth-order valence-corrected chi connectivity index (χ4v) is 3.87. The SMILES string of the molecule is COC(=O)[C@@H](Cc1c2ccccc2cc2ccccc12)NC(=O)c1cccc([N+](=O)[O-])c1. The van der Waals surface area contributed by atoms with Gasteiger partial charge in [0, 0.05) is 24.1 Å². The number of ether oxygens (including phenoxy) is 1. The molecule has 1 N–H and O–H groups in total. The molecule has 0 aromatic heterocycles. The molecule has 0 aliphatic carbocycles. The van der Waals surface area contributed by atoms with Gasteiger partial charge in [0.1, 0.15) is 6.04 Å². The van der Waals surface area contributed by atoms with E-state index in [9.17, 15) is 19.7 Å². The summed E-state index contributed by atoms with van der Waals surface area (Å²) in [6.45, 7) is 0. The third kappa shape index (κ3) is 4.13. The molecular weight excluding hydrogens is 408 g/mol. The van der Waals surface area contributed by atoms with Crippen molar-refractivity contribution < 1.29 is 19.2 Å². The van der Waals surface area contributed by atoms with E-state index in [1.807, 2.05) is 48.5 Å². The second kappa shape index (κ2) is 8.85. The van der Waals surface area contributed by atoms with Crippen molar-refractivity contribution in [1.82, 2.24) is 5.32 Å². The van der Waals surface area contributed by atoms with Gasteiger partial charge in [-0.3, -0.25) is 14.9 Å². The first-order valence-corrected chi connectivity index (χ1v) is 10.0. The molecule has 1 atom stereocenters. The number of nitrogens with zero attached hydrogens (tertiary/aromatic N) is 1. The van der Waals surface area contributed by atoms with Gasteiger partial charge >= 0.3 is 5.97 Å². The van der Waals surface area contributed by atoms with Crippen LogP contribution in [0.1, 0.15) is 15.9 Å². The van der Waals surface area contributed by atoms with E-state index >= 15 is 0 Å². The number of nitro groups is 1. The molecule has 1 amide bonds. The topological polar surface area (TPSA) is 98.5 Å². The Balaban J connectivity index is 1.73. The number of carbonyl (C=O) groups is 2. The monoisotopic (exact) mass is 428 g/mol. The molecule has 160 valence electrons. The second-order valence-electron chi connectivity index (χ2n) is 7.36. The molecule has 0 saturated heterocycles. The number of rotatable bonds is 6. The maximum atomic E-state index is 12.8. The van der Waals surface area contributed by atoms with Crippen LogP contribution in [0.5, 0.6) is 0 Å². The number of hydrogen-bond acceptors (Lipinski definition) is 5. The highest BCUT2D eigenvalue weighted by Crippen LogP contribution is 2.29. The van der Waals surface area contributed by atoms with Crippen LogP contribution in [-0.4, -0.2) is 30.0 Å². The Labute approximate surface area is 183 Å². The zero-order chi connectivity index (χ0) is 22.7. The molecule has 0 radical (unpaired) electrons. The van der Waals surface area contributed by atoms with E-state index in [2.05, 4.69) is 11.4 Å². The van der Waals surface area contributed by atoms with Crippen LogP contribution in [0.15, 0.2) is 78.9 Å². The summed E-state index contributed by atoms with van der Waals surface area (Å²) >= 11 is 0. The lowest BCUT2D eigenvalue weighted by Crippen LogP contribution is -2.43. The number of fused-ring (bicyclic) bond motifs is 2. The van der Waals surface area contributed by atoms with Gasteiger partial charge in [-0.1, -0.05) is 54.6 Å². The van der Waals surface area contributed by atoms with E-state index in [0.717, 1.165) is 27.1 Å². The van der Waals surface area contributed by atoms with Crippen LogP contribution in [0, 0.1) is 10.1 Å². The number of nitro benzene ring substituents is 1. The lowest BCUT2D eigenvalue weighted by atomic mass is 9.92. The minimum atomic E-state index is -0.971. The van der Waals surface area contributed by atoms with Crippen molar-refractivity contribution in [3.05, 3.63) is 100 Å². The van der Waals surface area contributed by atoms with Gasteiger partial charge in [0.15, 0.2) is 0 Å². The zero-order valence-electron chi connectivity index (χ0n) is 17.3. The van der Waals surface area contributed by atoms with Gasteiger partial charge in [0.2, 0.25) is 0 Å². The number of nitrogens with one attached hydrogen (secondary N) is 1. The van der Waals surface area contributed by atoms with Crippen molar-refractivity contribution in [1.29, 1.82) is 0 Å².